The van der Waals surface area contributed by atoms with Crippen LogP contribution in [0.25, 0.3) is 0 Å². The summed E-state index contributed by atoms with van der Waals surface area (Å²) in [5.41, 5.74) is 7.21. The molecule has 0 aliphatic carbocycles. The van der Waals surface area contributed by atoms with Crippen molar-refractivity contribution in [2.75, 3.05) is 11.9 Å². The van der Waals surface area contributed by atoms with E-state index in [0.29, 0.717) is 21.3 Å². The summed E-state index contributed by atoms with van der Waals surface area (Å²) in [6.45, 7) is 0. The fourth-order valence-electron chi connectivity index (χ4n) is 1.85. The molecule has 6 heteroatoms. The summed E-state index contributed by atoms with van der Waals surface area (Å²) < 4.78 is 0. The number of carbonyl (C=O) groups excluding carboxylic acids is 1. The van der Waals surface area contributed by atoms with Crippen LogP contribution in [0.15, 0.2) is 42.5 Å². The van der Waals surface area contributed by atoms with Crippen LogP contribution in [-0.4, -0.2) is 17.9 Å². The molecule has 2 aromatic rings. The fraction of sp³-hybridized carbons (Fsp3) is 0.0667. The molecule has 0 aromatic heterocycles. The number of benzene rings is 2. The van der Waals surface area contributed by atoms with Gasteiger partial charge in [0, 0.05) is 18.3 Å². The number of hydrogen-bond acceptors (Lipinski definition) is 2. The molecule has 0 bridgehead atoms. The molecule has 0 radical (unpaired) electrons. The summed E-state index contributed by atoms with van der Waals surface area (Å²) in [6.07, 6.45) is 0. The van der Waals surface area contributed by atoms with Gasteiger partial charge in [-0.05, 0) is 24.3 Å². The largest absolute Gasteiger partial charge is 0.389 e. The zero-order valence-electron chi connectivity index (χ0n) is 11.1. The van der Waals surface area contributed by atoms with E-state index in [-0.39, 0.29) is 16.5 Å². The molecule has 0 aliphatic heterocycles. The van der Waals surface area contributed by atoms with Crippen molar-refractivity contribution in [1.29, 1.82) is 0 Å². The highest BCUT2D eigenvalue weighted by Gasteiger charge is 2.19. The second kappa shape index (κ2) is 6.43. The van der Waals surface area contributed by atoms with Gasteiger partial charge in [-0.2, -0.15) is 0 Å². The molecule has 2 aromatic carbocycles. The van der Waals surface area contributed by atoms with Gasteiger partial charge in [-0.25, -0.2) is 0 Å². The van der Waals surface area contributed by atoms with Gasteiger partial charge in [-0.15, -0.1) is 0 Å². The Morgan fingerprint density at radius 3 is 2.29 bits per heavy atom. The zero-order chi connectivity index (χ0) is 15.6. The predicted molar refractivity (Wildman–Crippen MR) is 91.5 cm³/mol. The standard InChI is InChI=1S/C15H12Cl2N2OS/c1-19(10-5-2-4-9(8-10)14(18)21)15(20)13-11(16)6-3-7-12(13)17/h2-8H,1H3,(H2,18,21). The van der Waals surface area contributed by atoms with Crippen LogP contribution >= 0.6 is 35.4 Å². The predicted octanol–water partition coefficient (Wildman–Crippen LogP) is 3.90. The van der Waals surface area contributed by atoms with Crippen molar-refractivity contribution in [3.8, 4) is 0 Å². The van der Waals surface area contributed by atoms with Gasteiger partial charge < -0.3 is 10.6 Å². The Kier molecular flexibility index (Phi) is 4.83. The monoisotopic (exact) mass is 338 g/mol. The Balaban J connectivity index is 2.40. The molecular weight excluding hydrogens is 327 g/mol. The summed E-state index contributed by atoms with van der Waals surface area (Å²) in [5, 5.41) is 0.620. The third-order valence-electron chi connectivity index (χ3n) is 3.00. The number of anilines is 1. The molecule has 108 valence electrons. The summed E-state index contributed by atoms with van der Waals surface area (Å²) >= 11 is 17.1. The average Bonchev–Trinajstić information content (AvgIpc) is 2.46. The third kappa shape index (κ3) is 3.35. The summed E-state index contributed by atoms with van der Waals surface area (Å²) in [7, 11) is 1.64. The minimum atomic E-state index is -0.300. The number of nitrogens with two attached hydrogens (primary N) is 1. The van der Waals surface area contributed by atoms with E-state index in [4.69, 9.17) is 41.2 Å². The molecule has 1 amide bonds. The van der Waals surface area contributed by atoms with Gasteiger partial charge in [-0.1, -0.05) is 53.6 Å². The maximum atomic E-state index is 12.6. The number of halogens is 2. The lowest BCUT2D eigenvalue weighted by Crippen LogP contribution is -2.27. The Morgan fingerprint density at radius 1 is 1.14 bits per heavy atom. The molecule has 2 N–H and O–H groups in total. The minimum absolute atomic E-state index is 0.268. The van der Waals surface area contributed by atoms with Crippen molar-refractivity contribution in [2.45, 2.75) is 0 Å². The van der Waals surface area contributed by atoms with Gasteiger partial charge in [0.25, 0.3) is 5.91 Å². The Bertz CT molecular complexity index is 698. The number of carbonyl (C=O) groups is 1. The van der Waals surface area contributed by atoms with Crippen LogP contribution in [0.2, 0.25) is 10.0 Å². The lowest BCUT2D eigenvalue weighted by atomic mass is 10.1. The highest BCUT2D eigenvalue weighted by atomic mass is 35.5. The van der Waals surface area contributed by atoms with E-state index in [1.807, 2.05) is 0 Å². The highest BCUT2D eigenvalue weighted by molar-refractivity contribution is 7.80. The van der Waals surface area contributed by atoms with Gasteiger partial charge in [-0.3, -0.25) is 4.79 Å². The quantitative estimate of drug-likeness (QED) is 0.863. The first-order valence-corrected chi connectivity index (χ1v) is 7.20. The van der Waals surface area contributed by atoms with Gasteiger partial charge in [0.1, 0.15) is 4.99 Å². The Labute approximate surface area is 138 Å². The summed E-state index contributed by atoms with van der Waals surface area (Å²) in [6, 6.07) is 12.0. The molecule has 0 saturated carbocycles. The Morgan fingerprint density at radius 2 is 1.71 bits per heavy atom. The van der Waals surface area contributed by atoms with Crippen LogP contribution in [0.5, 0.6) is 0 Å². The molecule has 3 nitrogen and oxygen atoms in total. The van der Waals surface area contributed by atoms with Crippen molar-refractivity contribution < 1.29 is 4.79 Å². The lowest BCUT2D eigenvalue weighted by Gasteiger charge is -2.19. The van der Waals surface area contributed by atoms with E-state index in [1.165, 1.54) is 4.90 Å². The second-order valence-electron chi connectivity index (χ2n) is 4.38. The highest BCUT2D eigenvalue weighted by Crippen LogP contribution is 2.27. The van der Waals surface area contributed by atoms with E-state index < -0.39 is 0 Å². The molecule has 2 rings (SSSR count). The number of nitrogens with zero attached hydrogens (tertiary/aromatic N) is 1. The molecule has 0 saturated heterocycles. The summed E-state index contributed by atoms with van der Waals surface area (Å²) in [5.74, 6) is -0.300. The van der Waals surface area contributed by atoms with Gasteiger partial charge in [0.2, 0.25) is 0 Å². The number of hydrogen-bond donors (Lipinski definition) is 1. The number of amides is 1. The van der Waals surface area contributed by atoms with Crippen molar-refractivity contribution >= 4 is 52.0 Å². The normalized spacial score (nSPS) is 10.2. The van der Waals surface area contributed by atoms with Crippen molar-refractivity contribution in [3.63, 3.8) is 0 Å². The van der Waals surface area contributed by atoms with E-state index in [1.54, 1.807) is 49.5 Å². The van der Waals surface area contributed by atoms with Crippen molar-refractivity contribution in [1.82, 2.24) is 0 Å². The SMILES string of the molecule is CN(C(=O)c1c(Cl)cccc1Cl)c1cccc(C(N)=S)c1. The first-order valence-electron chi connectivity index (χ1n) is 6.03. The van der Waals surface area contributed by atoms with Crippen LogP contribution in [0.3, 0.4) is 0 Å². The first-order chi connectivity index (χ1) is 9.91. The first kappa shape index (κ1) is 15.8. The lowest BCUT2D eigenvalue weighted by molar-refractivity contribution is 0.0993. The van der Waals surface area contributed by atoms with Crippen molar-refractivity contribution in [2.24, 2.45) is 5.73 Å². The van der Waals surface area contributed by atoms with Crippen molar-refractivity contribution in [3.05, 3.63) is 63.6 Å². The second-order valence-corrected chi connectivity index (χ2v) is 5.63. The maximum Gasteiger partial charge on any atom is 0.261 e. The smallest absolute Gasteiger partial charge is 0.261 e. The van der Waals surface area contributed by atoms with Gasteiger partial charge >= 0.3 is 0 Å². The third-order valence-corrected chi connectivity index (χ3v) is 3.86. The molecule has 21 heavy (non-hydrogen) atoms. The molecule has 0 fully saturated rings. The molecule has 0 heterocycles. The van der Waals surface area contributed by atoms with Crippen LogP contribution in [-0.2, 0) is 0 Å². The molecule has 0 unspecified atom stereocenters. The molecule has 0 aliphatic rings. The zero-order valence-corrected chi connectivity index (χ0v) is 13.5. The summed E-state index contributed by atoms with van der Waals surface area (Å²) in [4.78, 5) is 14.3. The van der Waals surface area contributed by atoms with Crippen LogP contribution in [0.4, 0.5) is 5.69 Å². The van der Waals surface area contributed by atoms with E-state index in [9.17, 15) is 4.79 Å². The maximum absolute atomic E-state index is 12.6. The molecule has 0 atom stereocenters. The Hall–Kier alpha value is -1.62. The number of rotatable bonds is 3. The number of thiocarbonyl (C=S) groups is 1. The van der Waals surface area contributed by atoms with Crippen LogP contribution in [0.1, 0.15) is 15.9 Å². The average molecular weight is 339 g/mol. The minimum Gasteiger partial charge on any atom is -0.389 e. The van der Waals surface area contributed by atoms with Crippen LogP contribution < -0.4 is 10.6 Å². The van der Waals surface area contributed by atoms with Gasteiger partial charge in [0.05, 0.1) is 15.6 Å². The van der Waals surface area contributed by atoms with E-state index >= 15 is 0 Å². The van der Waals surface area contributed by atoms with Gasteiger partial charge in [0.15, 0.2) is 0 Å². The van der Waals surface area contributed by atoms with E-state index in [0.717, 1.165) is 0 Å². The molecular formula is C15H12Cl2N2OS. The van der Waals surface area contributed by atoms with E-state index in [2.05, 4.69) is 0 Å². The van der Waals surface area contributed by atoms with Crippen LogP contribution in [0, 0.1) is 0 Å². The molecule has 0 spiro atoms. The fourth-order valence-corrected chi connectivity index (χ4v) is 2.54. The topological polar surface area (TPSA) is 46.3 Å².